The number of thioether (sulfide) groups is 1. The van der Waals surface area contributed by atoms with Gasteiger partial charge in [0, 0.05) is 11.0 Å². The Kier molecular flexibility index (Phi) is 5.15. The lowest BCUT2D eigenvalue weighted by Gasteiger charge is -2.35. The monoisotopic (exact) mass is 390 g/mol. The summed E-state index contributed by atoms with van der Waals surface area (Å²) in [6.07, 6.45) is 1.80. The van der Waals surface area contributed by atoms with Gasteiger partial charge in [-0.15, -0.1) is 0 Å². The normalized spacial score (nSPS) is 17.8. The van der Waals surface area contributed by atoms with Crippen LogP contribution in [0.4, 0.5) is 0 Å². The number of fused-ring (bicyclic) bond motifs is 3. The molecule has 4 rings (SSSR count). The molecule has 1 atom stereocenters. The van der Waals surface area contributed by atoms with Crippen molar-refractivity contribution in [2.24, 2.45) is 0 Å². The van der Waals surface area contributed by atoms with E-state index in [1.165, 1.54) is 5.56 Å². The van der Waals surface area contributed by atoms with Gasteiger partial charge in [0.05, 0.1) is 17.8 Å². The van der Waals surface area contributed by atoms with E-state index in [9.17, 15) is 4.79 Å². The molecule has 0 radical (unpaired) electrons. The summed E-state index contributed by atoms with van der Waals surface area (Å²) in [5, 5.41) is 0.810. The molecule has 3 nitrogen and oxygen atoms in total. The number of hydrogen-bond acceptors (Lipinski definition) is 3. The van der Waals surface area contributed by atoms with E-state index in [0.29, 0.717) is 6.54 Å². The summed E-state index contributed by atoms with van der Waals surface area (Å²) in [5.41, 5.74) is 5.22. The smallest absolute Gasteiger partial charge is 0.258 e. The van der Waals surface area contributed by atoms with Gasteiger partial charge in [0.15, 0.2) is 5.16 Å². The van der Waals surface area contributed by atoms with E-state index in [-0.39, 0.29) is 11.0 Å². The molecule has 2 aromatic carbocycles. The van der Waals surface area contributed by atoms with Crippen LogP contribution in [0.2, 0.25) is 0 Å². The summed E-state index contributed by atoms with van der Waals surface area (Å²) in [6, 6.07) is 18.6. The van der Waals surface area contributed by atoms with Gasteiger partial charge in [0.2, 0.25) is 0 Å². The van der Waals surface area contributed by atoms with Gasteiger partial charge >= 0.3 is 0 Å². The molecule has 4 heteroatoms. The van der Waals surface area contributed by atoms with Crippen molar-refractivity contribution in [3.05, 3.63) is 81.6 Å². The van der Waals surface area contributed by atoms with Gasteiger partial charge in [-0.05, 0) is 29.7 Å². The Bertz CT molecular complexity index is 1060. The fourth-order valence-corrected chi connectivity index (χ4v) is 4.85. The molecule has 0 unspecified atom stereocenters. The molecule has 0 fully saturated rings. The van der Waals surface area contributed by atoms with Crippen molar-refractivity contribution in [2.75, 3.05) is 5.75 Å². The molecule has 1 aliphatic rings. The summed E-state index contributed by atoms with van der Waals surface area (Å²) >= 11 is 1.64. The predicted octanol–water partition coefficient (Wildman–Crippen LogP) is 5.29. The number of rotatable bonds is 5. The van der Waals surface area contributed by atoms with Crippen LogP contribution in [0.15, 0.2) is 64.5 Å². The third kappa shape index (κ3) is 3.20. The largest absolute Gasteiger partial charge is 0.283 e. The van der Waals surface area contributed by atoms with E-state index >= 15 is 0 Å². The van der Waals surface area contributed by atoms with E-state index in [1.54, 1.807) is 11.8 Å². The van der Waals surface area contributed by atoms with E-state index in [4.69, 9.17) is 4.98 Å². The number of benzene rings is 2. The number of nitrogens with zero attached hydrogens (tertiary/aromatic N) is 2. The van der Waals surface area contributed by atoms with Crippen LogP contribution in [0.1, 0.15) is 43.9 Å². The molecular weight excluding hydrogens is 364 g/mol. The Morgan fingerprint density at radius 1 is 1.07 bits per heavy atom. The molecular formula is C24H26N2OS. The van der Waals surface area contributed by atoms with Crippen LogP contribution >= 0.6 is 11.8 Å². The predicted molar refractivity (Wildman–Crippen MR) is 117 cm³/mol. The summed E-state index contributed by atoms with van der Waals surface area (Å²) < 4.78 is 1.88. The minimum absolute atomic E-state index is 0.114. The standard InChI is InChI=1S/C24H26N2OS/c1-4-24(3)15-18-13-9-10-14-19(18)21-20(24)22(27)26(23(25-21)28-5-2)16-17-11-7-6-8-12-17/h6-14H,4-5,15-16H2,1-3H3/t24-/m0/s1. The summed E-state index contributed by atoms with van der Waals surface area (Å²) in [4.78, 5) is 18.9. The Balaban J connectivity index is 1.98. The topological polar surface area (TPSA) is 34.9 Å². The zero-order chi connectivity index (χ0) is 19.7. The molecule has 0 saturated carbocycles. The Hall–Kier alpha value is -2.33. The highest BCUT2D eigenvalue weighted by Gasteiger charge is 2.38. The fraction of sp³-hybridized carbons (Fsp3) is 0.333. The molecule has 0 saturated heterocycles. The van der Waals surface area contributed by atoms with Crippen LogP contribution in [0.5, 0.6) is 0 Å². The summed E-state index contributed by atoms with van der Waals surface area (Å²) in [6.45, 7) is 7.05. The highest BCUT2D eigenvalue weighted by atomic mass is 32.2. The van der Waals surface area contributed by atoms with Crippen LogP contribution in [0.3, 0.4) is 0 Å². The molecule has 0 bridgehead atoms. The van der Waals surface area contributed by atoms with Crippen LogP contribution in [0.25, 0.3) is 11.3 Å². The van der Waals surface area contributed by atoms with Crippen molar-refractivity contribution in [3.8, 4) is 11.3 Å². The molecule has 28 heavy (non-hydrogen) atoms. The first kappa shape index (κ1) is 19.0. The maximum atomic E-state index is 13.8. The zero-order valence-corrected chi connectivity index (χ0v) is 17.6. The highest BCUT2D eigenvalue weighted by Crippen LogP contribution is 2.42. The van der Waals surface area contributed by atoms with Crippen LogP contribution < -0.4 is 5.56 Å². The van der Waals surface area contributed by atoms with Gasteiger partial charge in [-0.3, -0.25) is 9.36 Å². The van der Waals surface area contributed by atoms with Gasteiger partial charge < -0.3 is 0 Å². The number of aromatic nitrogens is 2. The first-order valence-electron chi connectivity index (χ1n) is 9.97. The fourth-order valence-electron chi connectivity index (χ4n) is 4.13. The molecule has 0 spiro atoms. The second kappa shape index (κ2) is 7.59. The minimum atomic E-state index is -0.193. The first-order valence-corrected chi connectivity index (χ1v) is 11.0. The highest BCUT2D eigenvalue weighted by molar-refractivity contribution is 7.99. The summed E-state index contributed by atoms with van der Waals surface area (Å²) in [5.74, 6) is 0.882. The number of hydrogen-bond donors (Lipinski definition) is 0. The van der Waals surface area contributed by atoms with Crippen LogP contribution in [-0.2, 0) is 18.4 Å². The van der Waals surface area contributed by atoms with E-state index in [1.807, 2.05) is 28.8 Å². The third-order valence-corrected chi connectivity index (χ3v) is 6.69. The van der Waals surface area contributed by atoms with E-state index in [0.717, 1.165) is 46.1 Å². The second-order valence-corrected chi connectivity index (χ2v) is 8.91. The van der Waals surface area contributed by atoms with Crippen molar-refractivity contribution >= 4 is 11.8 Å². The minimum Gasteiger partial charge on any atom is -0.283 e. The second-order valence-electron chi connectivity index (χ2n) is 7.68. The molecule has 0 N–H and O–H groups in total. The van der Waals surface area contributed by atoms with Gasteiger partial charge in [0.1, 0.15) is 0 Å². The summed E-state index contributed by atoms with van der Waals surface area (Å²) in [7, 11) is 0. The maximum absolute atomic E-state index is 13.8. The molecule has 1 aliphatic carbocycles. The lowest BCUT2D eigenvalue weighted by molar-refractivity contribution is 0.430. The van der Waals surface area contributed by atoms with Crippen LogP contribution in [0, 0.1) is 0 Å². The Morgan fingerprint density at radius 3 is 2.50 bits per heavy atom. The quantitative estimate of drug-likeness (QED) is 0.438. The van der Waals surface area contributed by atoms with Gasteiger partial charge in [-0.2, -0.15) is 0 Å². The average Bonchev–Trinajstić information content (AvgIpc) is 2.71. The van der Waals surface area contributed by atoms with E-state index in [2.05, 4.69) is 51.1 Å². The van der Waals surface area contributed by atoms with Crippen molar-refractivity contribution in [2.45, 2.75) is 50.7 Å². The molecule has 3 aromatic rings. The van der Waals surface area contributed by atoms with Crippen molar-refractivity contribution in [1.82, 2.24) is 9.55 Å². The molecule has 1 aromatic heterocycles. The molecule has 144 valence electrons. The van der Waals surface area contributed by atoms with Crippen LogP contribution in [-0.4, -0.2) is 15.3 Å². The van der Waals surface area contributed by atoms with Crippen molar-refractivity contribution < 1.29 is 0 Å². The molecule has 0 amide bonds. The van der Waals surface area contributed by atoms with Crippen molar-refractivity contribution in [3.63, 3.8) is 0 Å². The lowest BCUT2D eigenvalue weighted by Crippen LogP contribution is -2.40. The molecule has 0 aliphatic heterocycles. The third-order valence-electron chi connectivity index (χ3n) is 5.83. The van der Waals surface area contributed by atoms with Crippen molar-refractivity contribution in [1.29, 1.82) is 0 Å². The Morgan fingerprint density at radius 2 is 1.79 bits per heavy atom. The van der Waals surface area contributed by atoms with Gasteiger partial charge in [0.25, 0.3) is 5.56 Å². The average molecular weight is 391 g/mol. The van der Waals surface area contributed by atoms with E-state index < -0.39 is 0 Å². The first-order chi connectivity index (χ1) is 13.6. The Labute approximate surface area is 170 Å². The molecule has 1 heterocycles. The SMILES string of the molecule is CCSc1nc2c(c(=O)n1Cc1ccccc1)[C@@](C)(CC)Cc1ccccc1-2. The van der Waals surface area contributed by atoms with Gasteiger partial charge in [-0.25, -0.2) is 4.98 Å². The lowest BCUT2D eigenvalue weighted by atomic mass is 9.69. The maximum Gasteiger partial charge on any atom is 0.258 e. The zero-order valence-electron chi connectivity index (χ0n) is 16.7. The van der Waals surface area contributed by atoms with Gasteiger partial charge in [-0.1, -0.05) is 87.1 Å².